The average Bonchev–Trinajstić information content (AvgIpc) is 2.71. The lowest BCUT2D eigenvalue weighted by atomic mass is 10.1. The first-order chi connectivity index (χ1) is 14.0. The average molecular weight is 400 g/mol. The minimum Gasteiger partial charge on any atom is -0.497 e. The maximum Gasteiger partial charge on any atom is 0.387 e. The van der Waals surface area contributed by atoms with Gasteiger partial charge >= 0.3 is 6.61 Å². The Morgan fingerprint density at radius 1 is 1.03 bits per heavy atom. The van der Waals surface area contributed by atoms with Crippen molar-refractivity contribution >= 4 is 11.6 Å². The first kappa shape index (κ1) is 20.1. The van der Waals surface area contributed by atoms with Crippen LogP contribution in [0.25, 0.3) is 0 Å². The Hall–Kier alpha value is -3.68. The van der Waals surface area contributed by atoms with Gasteiger partial charge in [-0.1, -0.05) is 18.2 Å². The highest BCUT2D eigenvalue weighted by Crippen LogP contribution is 2.28. The summed E-state index contributed by atoms with van der Waals surface area (Å²) in [5, 5.41) is 2.69. The van der Waals surface area contributed by atoms with Gasteiger partial charge in [0.1, 0.15) is 22.9 Å². The van der Waals surface area contributed by atoms with Gasteiger partial charge < -0.3 is 19.5 Å². The summed E-state index contributed by atoms with van der Waals surface area (Å²) in [6, 6.07) is 16.3. The number of ether oxygens (including phenoxy) is 3. The van der Waals surface area contributed by atoms with Gasteiger partial charge in [0.25, 0.3) is 0 Å². The number of para-hydroxylation sites is 1. The molecule has 1 amide bonds. The van der Waals surface area contributed by atoms with Crippen molar-refractivity contribution in [2.75, 3.05) is 12.4 Å². The van der Waals surface area contributed by atoms with Crippen LogP contribution in [0.4, 0.5) is 14.5 Å². The quantitative estimate of drug-likeness (QED) is 0.595. The smallest absolute Gasteiger partial charge is 0.387 e. The zero-order valence-corrected chi connectivity index (χ0v) is 15.5. The number of halogens is 2. The van der Waals surface area contributed by atoms with Crippen LogP contribution in [-0.2, 0) is 11.2 Å². The maximum atomic E-state index is 12.5. The van der Waals surface area contributed by atoms with Crippen LogP contribution in [0.3, 0.4) is 0 Å². The van der Waals surface area contributed by atoms with Crippen LogP contribution in [0.5, 0.6) is 23.1 Å². The molecule has 150 valence electrons. The molecule has 1 N–H and O–H groups in total. The molecule has 0 aliphatic carbocycles. The molecule has 2 aromatic carbocycles. The molecule has 3 aromatic rings. The van der Waals surface area contributed by atoms with Crippen molar-refractivity contribution in [3.63, 3.8) is 0 Å². The summed E-state index contributed by atoms with van der Waals surface area (Å²) in [6.07, 6.45) is 1.38. The molecule has 8 heteroatoms. The molecule has 0 atom stereocenters. The Morgan fingerprint density at radius 2 is 1.76 bits per heavy atom. The van der Waals surface area contributed by atoms with Gasteiger partial charge in [-0.15, -0.1) is 0 Å². The van der Waals surface area contributed by atoms with Crippen molar-refractivity contribution in [2.24, 2.45) is 0 Å². The Labute approximate surface area is 166 Å². The molecule has 0 saturated heterocycles. The largest absolute Gasteiger partial charge is 0.497 e. The Bertz CT molecular complexity index is 965. The molecule has 3 rings (SSSR count). The predicted molar refractivity (Wildman–Crippen MR) is 103 cm³/mol. The lowest BCUT2D eigenvalue weighted by molar-refractivity contribution is -0.115. The molecule has 1 aromatic heterocycles. The SMILES string of the molecule is COc1ccc(Oc2ncccc2NC(=O)Cc2ccccc2OC(F)F)cc1. The minimum atomic E-state index is -2.97. The third-order valence-electron chi connectivity index (χ3n) is 3.86. The molecule has 6 nitrogen and oxygen atoms in total. The molecule has 0 spiro atoms. The van der Waals surface area contributed by atoms with E-state index >= 15 is 0 Å². The maximum absolute atomic E-state index is 12.5. The number of aromatic nitrogens is 1. The van der Waals surface area contributed by atoms with Crippen molar-refractivity contribution in [2.45, 2.75) is 13.0 Å². The number of methoxy groups -OCH3 is 1. The topological polar surface area (TPSA) is 69.7 Å². The van der Waals surface area contributed by atoms with Gasteiger partial charge in [-0.3, -0.25) is 4.79 Å². The van der Waals surface area contributed by atoms with Crippen LogP contribution in [0, 0.1) is 0 Å². The van der Waals surface area contributed by atoms with E-state index in [1.165, 1.54) is 12.3 Å². The molecule has 0 bridgehead atoms. The van der Waals surface area contributed by atoms with Gasteiger partial charge in [0.15, 0.2) is 0 Å². The highest BCUT2D eigenvalue weighted by molar-refractivity contribution is 5.93. The van der Waals surface area contributed by atoms with E-state index in [-0.39, 0.29) is 18.1 Å². The molecular formula is C21H18F2N2O4. The Balaban J connectivity index is 1.71. The van der Waals surface area contributed by atoms with E-state index < -0.39 is 12.5 Å². The van der Waals surface area contributed by atoms with E-state index in [1.54, 1.807) is 61.7 Å². The molecule has 0 saturated carbocycles. The second kappa shape index (κ2) is 9.50. The fourth-order valence-electron chi connectivity index (χ4n) is 2.55. The summed E-state index contributed by atoms with van der Waals surface area (Å²) in [4.78, 5) is 16.6. The number of rotatable bonds is 8. The summed E-state index contributed by atoms with van der Waals surface area (Å²) in [6.45, 7) is -2.97. The van der Waals surface area contributed by atoms with Crippen LogP contribution < -0.4 is 19.5 Å². The summed E-state index contributed by atoms with van der Waals surface area (Å²) in [5.41, 5.74) is 0.687. The number of anilines is 1. The lowest BCUT2D eigenvalue weighted by Gasteiger charge is -2.13. The normalized spacial score (nSPS) is 10.5. The summed E-state index contributed by atoms with van der Waals surface area (Å²) >= 11 is 0. The predicted octanol–water partition coefficient (Wildman–Crippen LogP) is 4.67. The number of benzene rings is 2. The zero-order valence-electron chi connectivity index (χ0n) is 15.5. The van der Waals surface area contributed by atoms with E-state index in [0.717, 1.165) is 0 Å². The standard InChI is InChI=1S/C21H18F2N2O4/c1-27-15-8-10-16(11-9-15)28-20-17(6-4-12-24-20)25-19(26)13-14-5-2-3-7-18(14)29-21(22)23/h2-12,21H,13H2,1H3,(H,25,26). The second-order valence-electron chi connectivity index (χ2n) is 5.84. The van der Waals surface area contributed by atoms with E-state index in [4.69, 9.17) is 9.47 Å². The second-order valence-corrected chi connectivity index (χ2v) is 5.84. The summed E-state index contributed by atoms with van der Waals surface area (Å²) < 4.78 is 40.4. The van der Waals surface area contributed by atoms with Gasteiger partial charge in [-0.25, -0.2) is 4.98 Å². The number of amides is 1. The summed E-state index contributed by atoms with van der Waals surface area (Å²) in [7, 11) is 1.56. The summed E-state index contributed by atoms with van der Waals surface area (Å²) in [5.74, 6) is 0.914. The lowest BCUT2D eigenvalue weighted by Crippen LogP contribution is -2.16. The third-order valence-corrected chi connectivity index (χ3v) is 3.86. The van der Waals surface area contributed by atoms with Crippen LogP contribution in [-0.4, -0.2) is 24.6 Å². The minimum absolute atomic E-state index is 0.0430. The number of pyridine rings is 1. The number of alkyl halides is 2. The Morgan fingerprint density at radius 3 is 2.48 bits per heavy atom. The van der Waals surface area contributed by atoms with E-state index in [0.29, 0.717) is 22.7 Å². The van der Waals surface area contributed by atoms with Gasteiger partial charge in [-0.2, -0.15) is 8.78 Å². The number of carbonyl (C=O) groups is 1. The van der Waals surface area contributed by atoms with Gasteiger partial charge in [0.05, 0.1) is 13.5 Å². The monoisotopic (exact) mass is 400 g/mol. The molecular weight excluding hydrogens is 382 g/mol. The van der Waals surface area contributed by atoms with Crippen molar-refractivity contribution < 1.29 is 27.8 Å². The van der Waals surface area contributed by atoms with Crippen LogP contribution >= 0.6 is 0 Å². The Kier molecular flexibility index (Phi) is 6.57. The van der Waals surface area contributed by atoms with Crippen molar-refractivity contribution in [3.05, 3.63) is 72.4 Å². The van der Waals surface area contributed by atoms with Gasteiger partial charge in [-0.05, 0) is 42.5 Å². The molecule has 29 heavy (non-hydrogen) atoms. The zero-order chi connectivity index (χ0) is 20.6. The van der Waals surface area contributed by atoms with Gasteiger partial charge in [0, 0.05) is 11.8 Å². The van der Waals surface area contributed by atoms with Crippen LogP contribution in [0.1, 0.15) is 5.56 Å². The van der Waals surface area contributed by atoms with E-state index in [1.807, 2.05) is 0 Å². The molecule has 0 unspecified atom stereocenters. The van der Waals surface area contributed by atoms with E-state index in [9.17, 15) is 13.6 Å². The van der Waals surface area contributed by atoms with Crippen molar-refractivity contribution in [1.29, 1.82) is 0 Å². The molecule has 0 radical (unpaired) electrons. The number of nitrogens with zero attached hydrogens (tertiary/aromatic N) is 1. The third kappa shape index (κ3) is 5.65. The molecule has 1 heterocycles. The van der Waals surface area contributed by atoms with Crippen molar-refractivity contribution in [3.8, 4) is 23.1 Å². The van der Waals surface area contributed by atoms with Gasteiger partial charge in [0.2, 0.25) is 11.8 Å². The fraction of sp³-hybridized carbons (Fsp3) is 0.143. The van der Waals surface area contributed by atoms with Crippen LogP contribution in [0.2, 0.25) is 0 Å². The molecule has 0 aliphatic rings. The van der Waals surface area contributed by atoms with Crippen molar-refractivity contribution in [1.82, 2.24) is 4.98 Å². The van der Waals surface area contributed by atoms with E-state index in [2.05, 4.69) is 15.0 Å². The number of hydrogen-bond acceptors (Lipinski definition) is 5. The molecule has 0 aliphatic heterocycles. The number of carbonyl (C=O) groups excluding carboxylic acids is 1. The number of hydrogen-bond donors (Lipinski definition) is 1. The fourth-order valence-corrected chi connectivity index (χ4v) is 2.55. The highest BCUT2D eigenvalue weighted by atomic mass is 19.3. The first-order valence-corrected chi connectivity index (χ1v) is 8.64. The molecule has 0 fully saturated rings. The first-order valence-electron chi connectivity index (χ1n) is 8.64. The van der Waals surface area contributed by atoms with Crippen LogP contribution in [0.15, 0.2) is 66.9 Å². The number of nitrogens with one attached hydrogen (secondary N) is 1. The highest BCUT2D eigenvalue weighted by Gasteiger charge is 2.14.